The molecule has 2 aromatic rings. The Morgan fingerprint density at radius 3 is 2.90 bits per heavy atom. The minimum Gasteiger partial charge on any atom is -0.308 e. The van der Waals surface area contributed by atoms with Crippen molar-refractivity contribution in [1.29, 1.82) is 0 Å². The highest BCUT2D eigenvalue weighted by Crippen LogP contribution is 2.20. The summed E-state index contributed by atoms with van der Waals surface area (Å²) in [7, 11) is 2.08. The second-order valence-corrected chi connectivity index (χ2v) is 6.26. The molecule has 0 aliphatic heterocycles. The molecule has 0 aliphatic carbocycles. The van der Waals surface area contributed by atoms with Gasteiger partial charge in [0, 0.05) is 17.5 Å². The van der Waals surface area contributed by atoms with Crippen LogP contribution in [0.3, 0.4) is 0 Å². The van der Waals surface area contributed by atoms with Crippen LogP contribution < -0.4 is 11.3 Å². The van der Waals surface area contributed by atoms with E-state index in [1.807, 2.05) is 6.07 Å². The van der Waals surface area contributed by atoms with E-state index in [9.17, 15) is 0 Å². The van der Waals surface area contributed by atoms with Crippen LogP contribution in [0, 0.1) is 0 Å². The van der Waals surface area contributed by atoms with Gasteiger partial charge in [-0.2, -0.15) is 0 Å². The maximum absolute atomic E-state index is 6.19. The number of aromatic nitrogens is 1. The van der Waals surface area contributed by atoms with E-state index in [1.165, 1.54) is 4.88 Å². The summed E-state index contributed by atoms with van der Waals surface area (Å²) < 4.78 is 0. The van der Waals surface area contributed by atoms with Gasteiger partial charge in [0.2, 0.25) is 0 Å². The zero-order valence-electron chi connectivity index (χ0n) is 11.6. The lowest BCUT2D eigenvalue weighted by atomic mass is 10.2. The molecule has 0 saturated heterocycles. The number of pyridine rings is 1. The third-order valence-corrected chi connectivity index (χ3v) is 4.54. The van der Waals surface area contributed by atoms with Crippen molar-refractivity contribution in [3.63, 3.8) is 0 Å². The number of nitrogen functional groups attached to an aromatic ring is 1. The minimum atomic E-state index is 0.418. The Balaban J connectivity index is 2.01. The second-order valence-electron chi connectivity index (χ2n) is 4.82. The maximum Gasteiger partial charge on any atom is 0.140 e. The first-order valence-electron chi connectivity index (χ1n) is 6.45. The van der Waals surface area contributed by atoms with Crippen molar-refractivity contribution < 1.29 is 0 Å². The van der Waals surface area contributed by atoms with Gasteiger partial charge in [-0.15, -0.1) is 11.3 Å². The first-order valence-corrected chi connectivity index (χ1v) is 7.70. The van der Waals surface area contributed by atoms with Crippen LogP contribution in [0.1, 0.15) is 17.5 Å². The molecule has 108 valence electrons. The Bertz CT molecular complexity index is 544. The van der Waals surface area contributed by atoms with E-state index in [1.54, 1.807) is 17.4 Å². The predicted octanol–water partition coefficient (Wildman–Crippen LogP) is 3.15. The van der Waals surface area contributed by atoms with Gasteiger partial charge in [0.05, 0.1) is 10.7 Å². The van der Waals surface area contributed by atoms with Crippen LogP contribution in [0.5, 0.6) is 0 Å². The lowest BCUT2D eigenvalue weighted by Crippen LogP contribution is -2.30. The number of rotatable bonds is 6. The average Bonchev–Trinajstić information content (AvgIpc) is 2.94. The van der Waals surface area contributed by atoms with Crippen molar-refractivity contribution in [3.05, 3.63) is 45.2 Å². The van der Waals surface area contributed by atoms with Gasteiger partial charge in [0.1, 0.15) is 5.82 Å². The molecule has 0 fully saturated rings. The SMILES string of the molecule is CC(Cc1cccs1)N(C)Cc1nc(NN)ccc1Cl. The molecule has 4 nitrogen and oxygen atoms in total. The van der Waals surface area contributed by atoms with Crippen molar-refractivity contribution in [3.8, 4) is 0 Å². The molecule has 2 aromatic heterocycles. The van der Waals surface area contributed by atoms with Gasteiger partial charge in [-0.3, -0.25) is 4.90 Å². The second kappa shape index (κ2) is 7.04. The van der Waals surface area contributed by atoms with Crippen molar-refractivity contribution in [2.45, 2.75) is 25.9 Å². The summed E-state index contributed by atoms with van der Waals surface area (Å²) in [4.78, 5) is 8.04. The van der Waals surface area contributed by atoms with Gasteiger partial charge in [-0.05, 0) is 44.0 Å². The van der Waals surface area contributed by atoms with Gasteiger partial charge in [-0.1, -0.05) is 17.7 Å². The standard InChI is InChI=1S/C14H19ClN4S/c1-10(8-11-4-3-7-20-11)19(2)9-13-12(15)5-6-14(17-13)18-16/h3-7,10H,8-9,16H2,1-2H3,(H,17,18). The summed E-state index contributed by atoms with van der Waals surface area (Å²) in [5, 5.41) is 2.77. The Morgan fingerprint density at radius 2 is 2.25 bits per heavy atom. The van der Waals surface area contributed by atoms with Gasteiger partial charge < -0.3 is 5.43 Å². The topological polar surface area (TPSA) is 54.2 Å². The third kappa shape index (κ3) is 3.93. The molecular formula is C14H19ClN4S. The summed E-state index contributed by atoms with van der Waals surface area (Å²) in [6.45, 7) is 2.90. The van der Waals surface area contributed by atoms with Crippen molar-refractivity contribution in [2.75, 3.05) is 12.5 Å². The van der Waals surface area contributed by atoms with Crippen LogP contribution in [-0.4, -0.2) is 23.0 Å². The number of anilines is 1. The quantitative estimate of drug-likeness (QED) is 0.636. The lowest BCUT2D eigenvalue weighted by Gasteiger charge is -2.24. The summed E-state index contributed by atoms with van der Waals surface area (Å²) in [5.74, 6) is 6.01. The summed E-state index contributed by atoms with van der Waals surface area (Å²) in [6, 6.07) is 8.25. The van der Waals surface area contributed by atoms with E-state index >= 15 is 0 Å². The summed E-state index contributed by atoms with van der Waals surface area (Å²) >= 11 is 7.98. The van der Waals surface area contributed by atoms with E-state index in [4.69, 9.17) is 17.4 Å². The molecule has 6 heteroatoms. The molecule has 20 heavy (non-hydrogen) atoms. The Kier molecular flexibility index (Phi) is 5.37. The molecule has 0 radical (unpaired) electrons. The number of thiophene rings is 1. The molecule has 0 aliphatic rings. The molecule has 0 aromatic carbocycles. The van der Waals surface area contributed by atoms with Crippen LogP contribution in [-0.2, 0) is 13.0 Å². The first-order chi connectivity index (χ1) is 9.60. The molecule has 1 unspecified atom stereocenters. The molecular weight excluding hydrogens is 292 g/mol. The molecule has 2 heterocycles. The number of hydrogen-bond donors (Lipinski definition) is 2. The Labute approximate surface area is 128 Å². The fourth-order valence-electron chi connectivity index (χ4n) is 1.94. The highest BCUT2D eigenvalue weighted by Gasteiger charge is 2.14. The van der Waals surface area contributed by atoms with Gasteiger partial charge in [-0.25, -0.2) is 10.8 Å². The van der Waals surface area contributed by atoms with Crippen LogP contribution in [0.2, 0.25) is 5.02 Å². The average molecular weight is 311 g/mol. The number of hydrogen-bond acceptors (Lipinski definition) is 5. The van der Waals surface area contributed by atoms with Gasteiger partial charge in [0.25, 0.3) is 0 Å². The Hall–Kier alpha value is -1.14. The van der Waals surface area contributed by atoms with E-state index in [0.717, 1.165) is 12.1 Å². The number of nitrogens with zero attached hydrogens (tertiary/aromatic N) is 2. The van der Waals surface area contributed by atoms with Gasteiger partial charge in [0.15, 0.2) is 0 Å². The Morgan fingerprint density at radius 1 is 1.45 bits per heavy atom. The van der Waals surface area contributed by atoms with Crippen LogP contribution in [0.15, 0.2) is 29.6 Å². The third-order valence-electron chi connectivity index (χ3n) is 3.29. The molecule has 0 spiro atoms. The van der Waals surface area contributed by atoms with E-state index in [2.05, 4.69) is 46.8 Å². The zero-order valence-corrected chi connectivity index (χ0v) is 13.2. The minimum absolute atomic E-state index is 0.418. The van der Waals surface area contributed by atoms with Crippen molar-refractivity contribution in [2.24, 2.45) is 5.84 Å². The maximum atomic E-state index is 6.19. The molecule has 1 atom stereocenters. The summed E-state index contributed by atoms with van der Waals surface area (Å²) in [5.41, 5.74) is 3.38. The highest BCUT2D eigenvalue weighted by molar-refractivity contribution is 7.09. The largest absolute Gasteiger partial charge is 0.308 e. The number of nitrogens with one attached hydrogen (secondary N) is 1. The van der Waals surface area contributed by atoms with Gasteiger partial charge >= 0.3 is 0 Å². The first kappa shape index (κ1) is 15.3. The molecule has 2 rings (SSSR count). The smallest absolute Gasteiger partial charge is 0.140 e. The molecule has 0 saturated carbocycles. The molecule has 0 amide bonds. The normalized spacial score (nSPS) is 12.7. The fraction of sp³-hybridized carbons (Fsp3) is 0.357. The zero-order chi connectivity index (χ0) is 14.5. The highest BCUT2D eigenvalue weighted by atomic mass is 35.5. The molecule has 0 bridgehead atoms. The van der Waals surface area contributed by atoms with E-state index in [-0.39, 0.29) is 0 Å². The van der Waals surface area contributed by atoms with E-state index in [0.29, 0.717) is 23.4 Å². The number of likely N-dealkylation sites (N-methyl/N-ethyl adjacent to an activating group) is 1. The number of nitrogens with two attached hydrogens (primary N) is 1. The fourth-order valence-corrected chi connectivity index (χ4v) is 2.93. The van der Waals surface area contributed by atoms with Crippen LogP contribution in [0.25, 0.3) is 0 Å². The van der Waals surface area contributed by atoms with Crippen LogP contribution >= 0.6 is 22.9 Å². The number of halogens is 1. The predicted molar refractivity (Wildman–Crippen MR) is 86.0 cm³/mol. The monoisotopic (exact) mass is 310 g/mol. The van der Waals surface area contributed by atoms with Crippen molar-refractivity contribution in [1.82, 2.24) is 9.88 Å². The lowest BCUT2D eigenvalue weighted by molar-refractivity contribution is 0.246. The molecule has 3 N–H and O–H groups in total. The van der Waals surface area contributed by atoms with Crippen molar-refractivity contribution >= 4 is 28.8 Å². The van der Waals surface area contributed by atoms with E-state index < -0.39 is 0 Å². The van der Waals surface area contributed by atoms with Crippen LogP contribution in [0.4, 0.5) is 5.82 Å². The summed E-state index contributed by atoms with van der Waals surface area (Å²) in [6.07, 6.45) is 1.03. The number of hydrazine groups is 1.